The maximum Gasteiger partial charge on any atom is 0.274 e. The average molecular weight is 299 g/mol. The first kappa shape index (κ1) is 13.3. The van der Waals surface area contributed by atoms with Crippen LogP contribution in [0.1, 0.15) is 10.5 Å². The molecule has 0 aliphatic carbocycles. The molecule has 0 radical (unpaired) electrons. The van der Waals surface area contributed by atoms with E-state index in [2.05, 4.69) is 15.3 Å². The van der Waals surface area contributed by atoms with Gasteiger partial charge in [-0.25, -0.2) is 9.97 Å². The van der Waals surface area contributed by atoms with Gasteiger partial charge in [-0.15, -0.1) is 0 Å². The van der Waals surface area contributed by atoms with Gasteiger partial charge in [0.15, 0.2) is 0 Å². The third-order valence-corrected chi connectivity index (χ3v) is 3.09. The predicted octanol–water partition coefficient (Wildman–Crippen LogP) is 3.17. The predicted molar refractivity (Wildman–Crippen MR) is 80.8 cm³/mol. The number of pyridine rings is 1. The molecule has 2 heterocycles. The number of nitrogens with one attached hydrogen (secondary N) is 1. The molecular weight excluding hydrogens is 288 g/mol. The first-order valence-electron chi connectivity index (χ1n) is 6.25. The Morgan fingerprint density at radius 3 is 2.76 bits per heavy atom. The molecule has 1 aromatic carbocycles. The van der Waals surface area contributed by atoms with Gasteiger partial charge >= 0.3 is 0 Å². The number of carbonyl (C=O) groups is 1. The number of halogens is 1. The molecule has 0 fully saturated rings. The quantitative estimate of drug-likeness (QED) is 0.756. The first-order chi connectivity index (χ1) is 10.2. The second-order valence-corrected chi connectivity index (χ2v) is 4.67. The van der Waals surface area contributed by atoms with Gasteiger partial charge < -0.3 is 9.88 Å². The topological polar surface area (TPSA) is 59.8 Å². The fourth-order valence-electron chi connectivity index (χ4n) is 1.93. The Hall–Kier alpha value is -2.66. The molecule has 2 aromatic heterocycles. The summed E-state index contributed by atoms with van der Waals surface area (Å²) in [7, 11) is 0. The Morgan fingerprint density at radius 1 is 1.14 bits per heavy atom. The maximum absolute atomic E-state index is 12.2. The third-order valence-electron chi connectivity index (χ3n) is 2.88. The highest BCUT2D eigenvalue weighted by molar-refractivity contribution is 6.29. The second kappa shape index (κ2) is 5.76. The van der Waals surface area contributed by atoms with Crippen LogP contribution in [0.5, 0.6) is 0 Å². The van der Waals surface area contributed by atoms with E-state index in [0.717, 1.165) is 5.69 Å². The summed E-state index contributed by atoms with van der Waals surface area (Å²) in [5.41, 5.74) is 1.76. The van der Waals surface area contributed by atoms with Gasteiger partial charge in [0.2, 0.25) is 0 Å². The SMILES string of the molecule is O=C(Nc1ccccc1-n1ccnc1)c1cccc(Cl)n1. The fourth-order valence-corrected chi connectivity index (χ4v) is 2.09. The zero-order valence-electron chi connectivity index (χ0n) is 10.9. The minimum absolute atomic E-state index is 0.267. The number of amides is 1. The number of hydrogen-bond acceptors (Lipinski definition) is 3. The average Bonchev–Trinajstić information content (AvgIpc) is 3.02. The van der Waals surface area contributed by atoms with E-state index >= 15 is 0 Å². The van der Waals surface area contributed by atoms with Crippen molar-refractivity contribution in [2.75, 3.05) is 5.32 Å². The molecule has 0 atom stereocenters. The maximum atomic E-state index is 12.2. The largest absolute Gasteiger partial charge is 0.319 e. The standard InChI is InChI=1S/C15H11ClN4O/c16-14-7-3-5-12(18-14)15(21)19-11-4-1-2-6-13(11)20-9-8-17-10-20/h1-10H,(H,19,21). The molecule has 0 aliphatic rings. The Kier molecular flexibility index (Phi) is 3.66. The molecular formula is C15H11ClN4O. The molecule has 0 aliphatic heterocycles. The van der Waals surface area contributed by atoms with Gasteiger partial charge in [-0.3, -0.25) is 4.79 Å². The number of hydrogen-bond donors (Lipinski definition) is 1. The van der Waals surface area contributed by atoms with Gasteiger partial charge in [0.1, 0.15) is 10.8 Å². The van der Waals surface area contributed by atoms with Crippen LogP contribution in [0.3, 0.4) is 0 Å². The molecule has 1 amide bonds. The van der Waals surface area contributed by atoms with Crippen LogP contribution >= 0.6 is 11.6 Å². The molecule has 3 rings (SSSR count). The van der Waals surface area contributed by atoms with E-state index in [4.69, 9.17) is 11.6 Å². The Labute approximate surface area is 126 Å². The minimum Gasteiger partial charge on any atom is -0.319 e. The molecule has 0 saturated heterocycles. The van der Waals surface area contributed by atoms with Gasteiger partial charge in [0, 0.05) is 12.4 Å². The summed E-state index contributed by atoms with van der Waals surface area (Å²) < 4.78 is 1.82. The Morgan fingerprint density at radius 2 is 2.00 bits per heavy atom. The zero-order chi connectivity index (χ0) is 14.7. The Balaban J connectivity index is 1.90. The lowest BCUT2D eigenvalue weighted by molar-refractivity contribution is 0.102. The minimum atomic E-state index is -0.315. The monoisotopic (exact) mass is 298 g/mol. The van der Waals surface area contributed by atoms with Crippen LogP contribution in [0.2, 0.25) is 5.15 Å². The fraction of sp³-hybridized carbons (Fsp3) is 0. The van der Waals surface area contributed by atoms with Gasteiger partial charge in [0.25, 0.3) is 5.91 Å². The van der Waals surface area contributed by atoms with Crippen molar-refractivity contribution in [1.29, 1.82) is 0 Å². The van der Waals surface area contributed by atoms with Crippen molar-refractivity contribution in [3.63, 3.8) is 0 Å². The number of rotatable bonds is 3. The summed E-state index contributed by atoms with van der Waals surface area (Å²) in [6, 6.07) is 12.4. The van der Waals surface area contributed by atoms with E-state index in [1.807, 2.05) is 35.0 Å². The third kappa shape index (κ3) is 2.93. The molecule has 0 spiro atoms. The smallest absolute Gasteiger partial charge is 0.274 e. The summed E-state index contributed by atoms with van der Waals surface area (Å²) in [5, 5.41) is 3.12. The van der Waals surface area contributed by atoms with Gasteiger partial charge in [-0.05, 0) is 24.3 Å². The second-order valence-electron chi connectivity index (χ2n) is 4.29. The summed E-state index contributed by atoms with van der Waals surface area (Å²) >= 11 is 5.80. The van der Waals surface area contributed by atoms with Crippen LogP contribution in [0, 0.1) is 0 Å². The number of aromatic nitrogens is 3. The number of imidazole rings is 1. The van der Waals surface area contributed by atoms with Crippen LogP contribution in [-0.2, 0) is 0 Å². The van der Waals surface area contributed by atoms with Crippen molar-refractivity contribution in [1.82, 2.24) is 14.5 Å². The molecule has 3 aromatic rings. The molecule has 6 heteroatoms. The van der Waals surface area contributed by atoms with Crippen molar-refractivity contribution < 1.29 is 4.79 Å². The normalized spacial score (nSPS) is 10.3. The molecule has 1 N–H and O–H groups in total. The van der Waals surface area contributed by atoms with Crippen molar-refractivity contribution in [3.8, 4) is 5.69 Å². The Bertz CT molecular complexity index is 771. The van der Waals surface area contributed by atoms with Gasteiger partial charge in [0.05, 0.1) is 17.7 Å². The van der Waals surface area contributed by atoms with Crippen molar-refractivity contribution in [3.05, 3.63) is 72.0 Å². The lowest BCUT2D eigenvalue weighted by Gasteiger charge is -2.11. The highest BCUT2D eigenvalue weighted by atomic mass is 35.5. The summed E-state index contributed by atoms with van der Waals surface area (Å²) in [4.78, 5) is 20.2. The molecule has 0 unspecified atom stereocenters. The first-order valence-corrected chi connectivity index (χ1v) is 6.63. The van der Waals surface area contributed by atoms with E-state index in [1.165, 1.54) is 0 Å². The van der Waals surface area contributed by atoms with Gasteiger partial charge in [-0.1, -0.05) is 29.8 Å². The van der Waals surface area contributed by atoms with Crippen LogP contribution < -0.4 is 5.32 Å². The molecule has 0 bridgehead atoms. The summed E-state index contributed by atoms with van der Waals surface area (Å²) in [5.74, 6) is -0.315. The van der Waals surface area contributed by atoms with E-state index in [0.29, 0.717) is 5.69 Å². The molecule has 104 valence electrons. The lowest BCUT2D eigenvalue weighted by Crippen LogP contribution is -2.15. The van der Waals surface area contributed by atoms with Crippen LogP contribution in [0.25, 0.3) is 5.69 Å². The van der Waals surface area contributed by atoms with Crippen LogP contribution in [-0.4, -0.2) is 20.4 Å². The highest BCUT2D eigenvalue weighted by Crippen LogP contribution is 2.20. The van der Waals surface area contributed by atoms with Crippen LogP contribution in [0.4, 0.5) is 5.69 Å². The van der Waals surface area contributed by atoms with Gasteiger partial charge in [-0.2, -0.15) is 0 Å². The molecule has 0 saturated carbocycles. The number of nitrogens with zero attached hydrogens (tertiary/aromatic N) is 3. The number of para-hydroxylation sites is 2. The molecule has 5 nitrogen and oxygen atoms in total. The number of benzene rings is 1. The van der Waals surface area contributed by atoms with Crippen molar-refractivity contribution in [2.45, 2.75) is 0 Å². The van der Waals surface area contributed by atoms with E-state index in [-0.39, 0.29) is 16.8 Å². The summed E-state index contributed by atoms with van der Waals surface area (Å²) in [6.45, 7) is 0. The summed E-state index contributed by atoms with van der Waals surface area (Å²) in [6.07, 6.45) is 5.16. The van der Waals surface area contributed by atoms with E-state index < -0.39 is 0 Å². The van der Waals surface area contributed by atoms with E-state index in [9.17, 15) is 4.79 Å². The number of anilines is 1. The van der Waals surface area contributed by atoms with E-state index in [1.54, 1.807) is 30.7 Å². The van der Waals surface area contributed by atoms with Crippen molar-refractivity contribution >= 4 is 23.2 Å². The molecule has 21 heavy (non-hydrogen) atoms. The zero-order valence-corrected chi connectivity index (χ0v) is 11.7. The van der Waals surface area contributed by atoms with Crippen LogP contribution in [0.15, 0.2) is 61.2 Å². The highest BCUT2D eigenvalue weighted by Gasteiger charge is 2.11. The lowest BCUT2D eigenvalue weighted by atomic mass is 10.2. The number of carbonyl (C=O) groups excluding carboxylic acids is 1. The van der Waals surface area contributed by atoms with Crippen molar-refractivity contribution in [2.24, 2.45) is 0 Å².